The van der Waals surface area contributed by atoms with E-state index in [0.717, 1.165) is 37.4 Å². The number of fused-ring (bicyclic) bond motifs is 1. The van der Waals surface area contributed by atoms with Gasteiger partial charge in [-0.05, 0) is 55.0 Å². The summed E-state index contributed by atoms with van der Waals surface area (Å²) in [4.78, 5) is -2.95. The molecular formula is C28H27N5O16S5. The molecule has 0 saturated heterocycles. The molecule has 21 nitrogen and oxygen atoms in total. The molecule has 0 fully saturated rings. The van der Waals surface area contributed by atoms with E-state index in [9.17, 15) is 56.3 Å². The largest absolute Gasteiger partial charge is 0.505 e. The van der Waals surface area contributed by atoms with Crippen LogP contribution in [0.5, 0.6) is 11.5 Å². The van der Waals surface area contributed by atoms with Gasteiger partial charge >= 0.3 is 10.4 Å². The smallest absolute Gasteiger partial charge is 0.397 e. The summed E-state index contributed by atoms with van der Waals surface area (Å²) in [6.07, 6.45) is 0. The number of methoxy groups -OCH3 is 1. The van der Waals surface area contributed by atoms with E-state index in [-0.39, 0.29) is 38.4 Å². The predicted molar refractivity (Wildman–Crippen MR) is 189 cm³/mol. The third kappa shape index (κ3) is 9.22. The van der Waals surface area contributed by atoms with E-state index < -0.39 is 100 Å². The molecular weight excluding hydrogens is 823 g/mol. The van der Waals surface area contributed by atoms with Crippen LogP contribution in [0.1, 0.15) is 5.56 Å². The molecule has 4 aromatic rings. The number of nitrogens with two attached hydrogens (primary N) is 1. The van der Waals surface area contributed by atoms with E-state index >= 15 is 0 Å². The maximum Gasteiger partial charge on any atom is 0.397 e. The van der Waals surface area contributed by atoms with Crippen LogP contribution in [0.2, 0.25) is 0 Å². The first-order chi connectivity index (χ1) is 24.8. The van der Waals surface area contributed by atoms with Crippen LogP contribution in [-0.4, -0.2) is 80.3 Å². The fourth-order valence-electron chi connectivity index (χ4n) is 4.68. The number of benzene rings is 4. The second kappa shape index (κ2) is 15.1. The number of aromatic hydroxyl groups is 1. The van der Waals surface area contributed by atoms with Crippen LogP contribution in [0.15, 0.2) is 101 Å². The molecule has 4 rings (SSSR count). The highest BCUT2D eigenvalue weighted by Gasteiger charge is 2.26. The molecule has 26 heteroatoms. The van der Waals surface area contributed by atoms with E-state index in [4.69, 9.17) is 15.0 Å². The maximum absolute atomic E-state index is 12.8. The van der Waals surface area contributed by atoms with Gasteiger partial charge in [-0.25, -0.2) is 21.0 Å². The monoisotopic (exact) mass is 849 g/mol. The van der Waals surface area contributed by atoms with Crippen LogP contribution in [0, 0.1) is 6.92 Å². The number of hydrogen-bond acceptors (Lipinski definition) is 18. The SMILES string of the molecule is C=CS(=O)(=O)c1ccc(N=Nc2c(N)ccc3c(O)c(N=Nc4cc(C)c(S(=O)(=O)CCOS(=O)(=O)O)cc4OC)c(S(=O)(=O)O)cc23)c(S(=O)(=O)O)c1. The Labute approximate surface area is 307 Å². The molecule has 4 aromatic carbocycles. The molecule has 0 unspecified atom stereocenters. The van der Waals surface area contributed by atoms with Crippen molar-refractivity contribution in [2.45, 2.75) is 26.5 Å². The minimum Gasteiger partial charge on any atom is -0.505 e. The van der Waals surface area contributed by atoms with Gasteiger partial charge in [-0.3, -0.25) is 13.7 Å². The van der Waals surface area contributed by atoms with Crippen molar-refractivity contribution >= 4 is 89.5 Å². The summed E-state index contributed by atoms with van der Waals surface area (Å²) in [7, 11) is -22.6. The second-order valence-corrected chi connectivity index (χ2v) is 18.6. The Kier molecular flexibility index (Phi) is 11.7. The van der Waals surface area contributed by atoms with E-state index in [1.807, 2.05) is 0 Å². The number of hydrogen-bond donors (Lipinski definition) is 5. The van der Waals surface area contributed by atoms with Crippen molar-refractivity contribution < 1.29 is 69.8 Å². The quantitative estimate of drug-likeness (QED) is 0.0671. The van der Waals surface area contributed by atoms with E-state index in [1.54, 1.807) is 0 Å². The standard InChI is InChI=1S/C28H27N5O16S5/c1-4-50(35,36)16-5-8-20(24(12-16)52(39,40)41)30-32-26-18-13-25(53(42,43)44)27(28(34)17(18)6-7-19(26)29)33-31-21-11-15(2)23(14-22(21)48-3)51(37,38)10-9-49-54(45,46)47/h4-8,11-14,34H,1,9-10,29H2,2-3H3,(H,39,40,41)(H,42,43,44)(H,45,46,47). The highest BCUT2D eigenvalue weighted by Crippen LogP contribution is 2.46. The second-order valence-electron chi connectivity index (χ2n) is 10.7. The first-order valence-electron chi connectivity index (χ1n) is 14.2. The molecule has 290 valence electrons. The van der Waals surface area contributed by atoms with Gasteiger partial charge in [0.25, 0.3) is 20.2 Å². The molecule has 0 spiro atoms. The number of aryl methyl sites for hydroxylation is 1. The Morgan fingerprint density at radius 1 is 0.741 bits per heavy atom. The average molecular weight is 850 g/mol. The number of phenolic OH excluding ortho intramolecular Hbond substituents is 1. The number of ether oxygens (including phenoxy) is 1. The summed E-state index contributed by atoms with van der Waals surface area (Å²) < 4.78 is 159. The zero-order valence-corrected chi connectivity index (χ0v) is 31.5. The zero-order chi connectivity index (χ0) is 40.6. The summed E-state index contributed by atoms with van der Waals surface area (Å²) in [5.74, 6) is -2.03. The van der Waals surface area contributed by atoms with Crippen LogP contribution in [-0.2, 0) is 54.5 Å². The fraction of sp³-hybridized carbons (Fsp3) is 0.143. The molecule has 0 bridgehead atoms. The zero-order valence-electron chi connectivity index (χ0n) is 27.4. The number of phenols is 1. The van der Waals surface area contributed by atoms with Gasteiger partial charge in [0.1, 0.15) is 38.3 Å². The van der Waals surface area contributed by atoms with Crippen LogP contribution < -0.4 is 10.5 Å². The number of sulfone groups is 2. The van der Waals surface area contributed by atoms with Gasteiger partial charge in [0.05, 0.1) is 34.9 Å². The van der Waals surface area contributed by atoms with Crippen molar-refractivity contribution in [1.82, 2.24) is 0 Å². The molecule has 0 aliphatic rings. The minimum absolute atomic E-state index is 0.0222. The summed E-state index contributed by atoms with van der Waals surface area (Å²) in [6.45, 7) is 3.55. The lowest BCUT2D eigenvalue weighted by Crippen LogP contribution is -2.16. The van der Waals surface area contributed by atoms with Gasteiger partial charge in [0.2, 0.25) is 0 Å². The predicted octanol–water partition coefficient (Wildman–Crippen LogP) is 4.28. The highest BCUT2D eigenvalue weighted by molar-refractivity contribution is 7.94. The molecule has 0 radical (unpaired) electrons. The van der Waals surface area contributed by atoms with Gasteiger partial charge in [0, 0.05) is 22.2 Å². The molecule has 54 heavy (non-hydrogen) atoms. The Morgan fingerprint density at radius 2 is 1.35 bits per heavy atom. The highest BCUT2D eigenvalue weighted by atomic mass is 32.3. The fourth-order valence-corrected chi connectivity index (χ4v) is 8.54. The molecule has 0 aliphatic heterocycles. The van der Waals surface area contributed by atoms with Crippen LogP contribution in [0.25, 0.3) is 10.8 Å². The minimum atomic E-state index is -5.25. The average Bonchev–Trinajstić information content (AvgIpc) is 3.05. The Bertz CT molecular complexity index is 2840. The van der Waals surface area contributed by atoms with Crippen molar-refractivity contribution in [3.63, 3.8) is 0 Å². The molecule has 0 saturated carbocycles. The van der Waals surface area contributed by atoms with Gasteiger partial charge in [-0.1, -0.05) is 6.58 Å². The number of anilines is 1. The van der Waals surface area contributed by atoms with Crippen LogP contribution in [0.4, 0.5) is 28.4 Å². The van der Waals surface area contributed by atoms with Gasteiger partial charge in [-0.15, -0.1) is 20.5 Å². The summed E-state index contributed by atoms with van der Waals surface area (Å²) in [5, 5.41) is 26.6. The summed E-state index contributed by atoms with van der Waals surface area (Å²) in [5.41, 5.74) is 3.82. The van der Waals surface area contributed by atoms with E-state index in [1.165, 1.54) is 19.1 Å². The van der Waals surface area contributed by atoms with Crippen molar-refractivity contribution in [3.05, 3.63) is 66.1 Å². The molecule has 0 aliphatic carbocycles. The van der Waals surface area contributed by atoms with Gasteiger partial charge in [-0.2, -0.15) is 25.3 Å². The van der Waals surface area contributed by atoms with Gasteiger partial charge < -0.3 is 15.6 Å². The topological polar surface area (TPSA) is 346 Å². The van der Waals surface area contributed by atoms with Crippen LogP contribution in [0.3, 0.4) is 0 Å². The summed E-state index contributed by atoms with van der Waals surface area (Å²) >= 11 is 0. The lowest BCUT2D eigenvalue weighted by atomic mass is 10.1. The van der Waals surface area contributed by atoms with Gasteiger partial charge in [0.15, 0.2) is 25.4 Å². The van der Waals surface area contributed by atoms with E-state index in [0.29, 0.717) is 11.5 Å². The van der Waals surface area contributed by atoms with Crippen molar-refractivity contribution in [1.29, 1.82) is 0 Å². The molecule has 0 aromatic heterocycles. The summed E-state index contributed by atoms with van der Waals surface area (Å²) in [6, 6.07) is 7.72. The third-order valence-corrected chi connectivity index (χ3v) is 12.6. The molecule has 0 atom stereocenters. The normalized spacial score (nSPS) is 13.2. The Morgan fingerprint density at radius 3 is 1.93 bits per heavy atom. The van der Waals surface area contributed by atoms with Crippen LogP contribution >= 0.6 is 0 Å². The number of nitrogen functional groups attached to an aromatic ring is 1. The molecule has 6 N–H and O–H groups in total. The van der Waals surface area contributed by atoms with Crippen molar-refractivity contribution in [3.8, 4) is 11.5 Å². The first-order valence-corrected chi connectivity index (χ1v) is 21.7. The first kappa shape index (κ1) is 41.8. The number of azo groups is 2. The molecule has 0 heterocycles. The Balaban J connectivity index is 1.86. The maximum atomic E-state index is 12.8. The van der Waals surface area contributed by atoms with Crippen molar-refractivity contribution in [2.75, 3.05) is 25.2 Å². The Hall–Kier alpha value is -4.93. The van der Waals surface area contributed by atoms with E-state index in [2.05, 4.69) is 31.2 Å². The lowest BCUT2D eigenvalue weighted by molar-refractivity contribution is 0.284. The number of rotatable bonds is 14. The number of nitrogens with zero attached hydrogens (tertiary/aromatic N) is 4. The lowest BCUT2D eigenvalue weighted by Gasteiger charge is -2.13. The van der Waals surface area contributed by atoms with Crippen molar-refractivity contribution in [2.24, 2.45) is 20.5 Å². The molecule has 0 amide bonds. The third-order valence-electron chi connectivity index (χ3n) is 7.18.